The van der Waals surface area contributed by atoms with Crippen molar-refractivity contribution in [2.75, 3.05) is 19.0 Å². The average molecular weight is 296 g/mol. The molecular weight excluding hydrogens is 272 g/mol. The van der Waals surface area contributed by atoms with Gasteiger partial charge in [0.2, 0.25) is 0 Å². The summed E-state index contributed by atoms with van der Waals surface area (Å²) in [4.78, 5) is 4.88. The Balaban J connectivity index is 2.04. The maximum atomic E-state index is 5.40. The fourth-order valence-electron chi connectivity index (χ4n) is 3.19. The number of unbranched alkanes of at least 4 members (excludes halogenated alkanes) is 1. The van der Waals surface area contributed by atoms with Gasteiger partial charge in [-0.05, 0) is 62.3 Å². The molecule has 116 valence electrons. The molecule has 0 fully saturated rings. The second-order valence-corrected chi connectivity index (χ2v) is 5.86. The lowest BCUT2D eigenvalue weighted by atomic mass is 9.92. The molecular formula is C19H24N2O. The summed E-state index contributed by atoms with van der Waals surface area (Å²) in [5, 5.41) is 4.84. The molecule has 0 amide bonds. The van der Waals surface area contributed by atoms with Gasteiger partial charge in [-0.2, -0.15) is 0 Å². The third-order valence-corrected chi connectivity index (χ3v) is 4.36. The zero-order chi connectivity index (χ0) is 15.4. The number of hydrogen-bond donors (Lipinski definition) is 1. The van der Waals surface area contributed by atoms with E-state index in [1.165, 1.54) is 35.2 Å². The predicted molar refractivity (Wildman–Crippen MR) is 92.9 cm³/mol. The van der Waals surface area contributed by atoms with E-state index in [1.54, 1.807) is 7.11 Å². The van der Waals surface area contributed by atoms with Crippen LogP contribution in [0.15, 0.2) is 30.9 Å². The van der Waals surface area contributed by atoms with Crippen molar-refractivity contribution >= 4 is 16.6 Å². The SMILES string of the molecule is C=CCCCNc1c2c(nc3ccc(OC)cc13)CCCC2. The number of aromatic nitrogens is 1. The summed E-state index contributed by atoms with van der Waals surface area (Å²) in [6, 6.07) is 6.16. The molecule has 1 aliphatic carbocycles. The zero-order valence-corrected chi connectivity index (χ0v) is 13.3. The molecule has 0 unspecified atom stereocenters. The fraction of sp³-hybridized carbons (Fsp3) is 0.421. The Hall–Kier alpha value is -2.03. The van der Waals surface area contributed by atoms with Gasteiger partial charge in [0.15, 0.2) is 0 Å². The summed E-state index contributed by atoms with van der Waals surface area (Å²) in [6.45, 7) is 4.76. The van der Waals surface area contributed by atoms with Crippen LogP contribution in [0, 0.1) is 0 Å². The van der Waals surface area contributed by atoms with Crippen LogP contribution < -0.4 is 10.1 Å². The standard InChI is InChI=1S/C19H24N2O/c1-3-4-7-12-20-19-15-8-5-6-9-17(15)21-18-11-10-14(22-2)13-16(18)19/h3,10-11,13H,1,4-9,12H2,2H3,(H,20,21). The van der Waals surface area contributed by atoms with Crippen molar-refractivity contribution in [2.45, 2.75) is 38.5 Å². The van der Waals surface area contributed by atoms with Crippen molar-refractivity contribution in [2.24, 2.45) is 0 Å². The summed E-state index contributed by atoms with van der Waals surface area (Å²) in [7, 11) is 1.71. The molecule has 3 nitrogen and oxygen atoms in total. The molecule has 1 N–H and O–H groups in total. The Labute approximate surface area is 132 Å². The lowest BCUT2D eigenvalue weighted by Gasteiger charge is -2.22. The first-order valence-electron chi connectivity index (χ1n) is 8.17. The third kappa shape index (κ3) is 2.94. The summed E-state index contributed by atoms with van der Waals surface area (Å²) < 4.78 is 5.40. The molecule has 3 rings (SSSR count). The molecule has 3 heteroatoms. The second kappa shape index (κ2) is 6.82. The van der Waals surface area contributed by atoms with Crippen molar-refractivity contribution < 1.29 is 4.74 Å². The van der Waals surface area contributed by atoms with Crippen molar-refractivity contribution in [1.82, 2.24) is 4.98 Å². The van der Waals surface area contributed by atoms with Crippen LogP contribution in [0.25, 0.3) is 10.9 Å². The third-order valence-electron chi connectivity index (χ3n) is 4.36. The van der Waals surface area contributed by atoms with Crippen LogP contribution >= 0.6 is 0 Å². The highest BCUT2D eigenvalue weighted by atomic mass is 16.5. The Morgan fingerprint density at radius 3 is 3.00 bits per heavy atom. The summed E-state index contributed by atoms with van der Waals surface area (Å²) in [5.41, 5.74) is 5.01. The molecule has 1 aliphatic rings. The predicted octanol–water partition coefficient (Wildman–Crippen LogP) is 4.50. The van der Waals surface area contributed by atoms with Crippen LogP contribution in [0.3, 0.4) is 0 Å². The Morgan fingerprint density at radius 1 is 1.32 bits per heavy atom. The van der Waals surface area contributed by atoms with Gasteiger partial charge in [0.1, 0.15) is 5.75 Å². The van der Waals surface area contributed by atoms with E-state index in [0.29, 0.717) is 0 Å². The van der Waals surface area contributed by atoms with Gasteiger partial charge in [-0.3, -0.25) is 4.98 Å². The van der Waals surface area contributed by atoms with E-state index in [0.717, 1.165) is 43.5 Å². The van der Waals surface area contributed by atoms with E-state index in [1.807, 2.05) is 12.1 Å². The first-order valence-corrected chi connectivity index (χ1v) is 8.17. The first kappa shape index (κ1) is 14.9. The summed E-state index contributed by atoms with van der Waals surface area (Å²) in [6.07, 6.45) is 8.85. The van der Waals surface area contributed by atoms with Crippen molar-refractivity contribution in [1.29, 1.82) is 0 Å². The van der Waals surface area contributed by atoms with E-state index in [2.05, 4.69) is 24.0 Å². The lowest BCUT2D eigenvalue weighted by molar-refractivity contribution is 0.415. The number of nitrogens with one attached hydrogen (secondary N) is 1. The van der Waals surface area contributed by atoms with Gasteiger partial charge in [-0.25, -0.2) is 0 Å². The monoisotopic (exact) mass is 296 g/mol. The van der Waals surface area contributed by atoms with Gasteiger partial charge >= 0.3 is 0 Å². The minimum Gasteiger partial charge on any atom is -0.497 e. The number of rotatable bonds is 6. The maximum Gasteiger partial charge on any atom is 0.119 e. The molecule has 1 heterocycles. The van der Waals surface area contributed by atoms with Crippen LogP contribution in [0.5, 0.6) is 5.75 Å². The van der Waals surface area contributed by atoms with Gasteiger partial charge in [0, 0.05) is 23.3 Å². The maximum absolute atomic E-state index is 5.40. The first-order chi connectivity index (χ1) is 10.8. The lowest BCUT2D eigenvalue weighted by Crippen LogP contribution is -2.12. The van der Waals surface area contributed by atoms with Crippen molar-refractivity contribution in [3.8, 4) is 5.75 Å². The number of nitrogens with zero attached hydrogens (tertiary/aromatic N) is 1. The van der Waals surface area contributed by atoms with Crippen molar-refractivity contribution in [3.63, 3.8) is 0 Å². The van der Waals surface area contributed by atoms with E-state index in [9.17, 15) is 0 Å². The molecule has 1 aromatic heterocycles. The van der Waals surface area contributed by atoms with Gasteiger partial charge in [0.25, 0.3) is 0 Å². The average Bonchev–Trinajstić information content (AvgIpc) is 2.57. The number of hydrogen-bond acceptors (Lipinski definition) is 3. The number of ether oxygens (including phenoxy) is 1. The number of anilines is 1. The molecule has 0 bridgehead atoms. The fourth-order valence-corrected chi connectivity index (χ4v) is 3.19. The highest BCUT2D eigenvalue weighted by Gasteiger charge is 2.18. The molecule has 2 aromatic rings. The number of fused-ring (bicyclic) bond motifs is 2. The van der Waals surface area contributed by atoms with Crippen LogP contribution in [0.4, 0.5) is 5.69 Å². The van der Waals surface area contributed by atoms with Gasteiger partial charge in [-0.1, -0.05) is 6.08 Å². The number of methoxy groups -OCH3 is 1. The Kier molecular flexibility index (Phi) is 4.62. The highest BCUT2D eigenvalue weighted by molar-refractivity contribution is 5.94. The largest absolute Gasteiger partial charge is 0.497 e. The van der Waals surface area contributed by atoms with Crippen LogP contribution in [0.2, 0.25) is 0 Å². The minimum atomic E-state index is 0.888. The molecule has 0 spiro atoms. The van der Waals surface area contributed by atoms with Crippen molar-refractivity contribution in [3.05, 3.63) is 42.1 Å². The molecule has 0 saturated heterocycles. The second-order valence-electron chi connectivity index (χ2n) is 5.86. The van der Waals surface area contributed by atoms with E-state index < -0.39 is 0 Å². The molecule has 22 heavy (non-hydrogen) atoms. The highest BCUT2D eigenvalue weighted by Crippen LogP contribution is 2.35. The molecule has 0 radical (unpaired) electrons. The quantitative estimate of drug-likeness (QED) is 0.629. The van der Waals surface area contributed by atoms with Gasteiger partial charge in [0.05, 0.1) is 12.6 Å². The van der Waals surface area contributed by atoms with Crippen LogP contribution in [-0.2, 0) is 12.8 Å². The number of aryl methyl sites for hydroxylation is 1. The number of allylic oxidation sites excluding steroid dienone is 1. The summed E-state index contributed by atoms with van der Waals surface area (Å²) in [5.74, 6) is 0.888. The van der Waals surface area contributed by atoms with Crippen LogP contribution in [0.1, 0.15) is 36.9 Å². The summed E-state index contributed by atoms with van der Waals surface area (Å²) >= 11 is 0. The molecule has 0 atom stereocenters. The molecule has 1 aromatic carbocycles. The Bertz CT molecular complexity index is 679. The molecule has 0 aliphatic heterocycles. The normalized spacial score (nSPS) is 13.7. The smallest absolute Gasteiger partial charge is 0.119 e. The number of benzene rings is 1. The molecule has 0 saturated carbocycles. The van der Waals surface area contributed by atoms with E-state index in [-0.39, 0.29) is 0 Å². The number of pyridine rings is 1. The van der Waals surface area contributed by atoms with Gasteiger partial charge < -0.3 is 10.1 Å². The van der Waals surface area contributed by atoms with E-state index >= 15 is 0 Å². The minimum absolute atomic E-state index is 0.888. The topological polar surface area (TPSA) is 34.2 Å². The van der Waals surface area contributed by atoms with Gasteiger partial charge in [-0.15, -0.1) is 6.58 Å². The van der Waals surface area contributed by atoms with Crippen LogP contribution in [-0.4, -0.2) is 18.6 Å². The Morgan fingerprint density at radius 2 is 2.18 bits per heavy atom. The van der Waals surface area contributed by atoms with E-state index in [4.69, 9.17) is 9.72 Å². The zero-order valence-electron chi connectivity index (χ0n) is 13.3.